The van der Waals surface area contributed by atoms with Crippen LogP contribution in [0.1, 0.15) is 27.7 Å². The van der Waals surface area contributed by atoms with Gasteiger partial charge in [0.2, 0.25) is 0 Å². The second-order valence-electron chi connectivity index (χ2n) is 8.43. The van der Waals surface area contributed by atoms with Gasteiger partial charge in [0.1, 0.15) is 24.9 Å². The molecule has 0 radical (unpaired) electrons. The Hall–Kier alpha value is -1.38. The fourth-order valence-electron chi connectivity index (χ4n) is 3.43. The molecule has 3 rings (SSSR count). The fourth-order valence-corrected chi connectivity index (χ4v) is 3.43. The Morgan fingerprint density at radius 2 is 1.48 bits per heavy atom. The molecular formula is C19H30O12. The number of hydrogen-bond acceptors (Lipinski definition) is 12. The lowest BCUT2D eigenvalue weighted by Crippen LogP contribution is -2.61. The number of carbonyl (C=O) groups excluding carboxylic acids is 2. The molecule has 0 amide bonds. The molecule has 12 heteroatoms. The molecule has 0 spiro atoms. The van der Waals surface area contributed by atoms with Gasteiger partial charge in [0.25, 0.3) is 0 Å². The van der Waals surface area contributed by atoms with Crippen LogP contribution in [-0.2, 0) is 47.5 Å². The topological polar surface area (TPSA) is 148 Å². The van der Waals surface area contributed by atoms with Crippen LogP contribution in [0.4, 0.5) is 0 Å². The van der Waals surface area contributed by atoms with Crippen molar-refractivity contribution in [1.29, 1.82) is 0 Å². The summed E-state index contributed by atoms with van der Waals surface area (Å²) in [6.45, 7) is 6.26. The Morgan fingerprint density at radius 3 is 1.97 bits per heavy atom. The third-order valence-electron chi connectivity index (χ3n) is 5.06. The van der Waals surface area contributed by atoms with E-state index in [2.05, 4.69) is 0 Å². The zero-order valence-electron chi connectivity index (χ0n) is 18.1. The zero-order valence-corrected chi connectivity index (χ0v) is 18.1. The van der Waals surface area contributed by atoms with Gasteiger partial charge in [-0.15, -0.1) is 0 Å². The summed E-state index contributed by atoms with van der Waals surface area (Å²) in [6, 6.07) is 0. The first-order valence-corrected chi connectivity index (χ1v) is 9.97. The summed E-state index contributed by atoms with van der Waals surface area (Å²) >= 11 is 0. The minimum absolute atomic E-state index is 0.0158. The second kappa shape index (κ2) is 9.24. The highest BCUT2D eigenvalue weighted by Gasteiger charge is 2.49. The number of aliphatic hydroxyl groups excluding tert-OH is 2. The Bertz CT molecular complexity index is 660. The van der Waals surface area contributed by atoms with E-state index in [0.29, 0.717) is 0 Å². The maximum Gasteiger partial charge on any atom is 0.338 e. The van der Waals surface area contributed by atoms with Crippen molar-refractivity contribution in [2.45, 2.75) is 82.2 Å². The number of methoxy groups -OCH3 is 1. The molecule has 0 saturated carbocycles. The van der Waals surface area contributed by atoms with E-state index >= 15 is 0 Å². The molecule has 12 nitrogen and oxygen atoms in total. The molecular weight excluding hydrogens is 420 g/mol. The van der Waals surface area contributed by atoms with Crippen molar-refractivity contribution in [3.8, 4) is 0 Å². The van der Waals surface area contributed by atoms with Gasteiger partial charge < -0.3 is 48.1 Å². The Labute approximate surface area is 179 Å². The average Bonchev–Trinajstić information content (AvgIpc) is 3.25. The minimum atomic E-state index is -1.56. The standard InChI is InChI=1S/C19H30O12/c1-18(2)26-7-10(30-18)15(22)25-6-9-12(20)13(21)14(17(24-5)28-9)29-16(23)11-8-27-19(3,4)31-11/h9-14,17,20-21H,6-8H2,1-5H3/t9-,10?,11?,12-,13+,14+,17+/m1/s1. The predicted molar refractivity (Wildman–Crippen MR) is 98.3 cm³/mol. The van der Waals surface area contributed by atoms with Gasteiger partial charge in [0.05, 0.1) is 13.2 Å². The van der Waals surface area contributed by atoms with E-state index in [4.69, 9.17) is 37.9 Å². The van der Waals surface area contributed by atoms with Crippen LogP contribution < -0.4 is 0 Å². The average molecular weight is 450 g/mol. The molecule has 0 aromatic rings. The smallest absolute Gasteiger partial charge is 0.338 e. The Kier molecular flexibility index (Phi) is 7.23. The van der Waals surface area contributed by atoms with Gasteiger partial charge in [-0.25, -0.2) is 9.59 Å². The quantitative estimate of drug-likeness (QED) is 0.470. The molecule has 2 unspecified atom stereocenters. The molecule has 0 aliphatic carbocycles. The van der Waals surface area contributed by atoms with E-state index < -0.39 is 66.4 Å². The van der Waals surface area contributed by atoms with Gasteiger partial charge in [0.15, 0.2) is 36.2 Å². The maximum atomic E-state index is 12.4. The number of rotatable bonds is 6. The molecule has 31 heavy (non-hydrogen) atoms. The van der Waals surface area contributed by atoms with E-state index in [-0.39, 0.29) is 19.8 Å². The van der Waals surface area contributed by atoms with Crippen LogP contribution in [-0.4, -0.2) is 104 Å². The van der Waals surface area contributed by atoms with Crippen molar-refractivity contribution in [2.24, 2.45) is 0 Å². The summed E-state index contributed by atoms with van der Waals surface area (Å²) in [5.74, 6) is -3.33. The second-order valence-corrected chi connectivity index (χ2v) is 8.43. The Balaban J connectivity index is 1.55. The first-order valence-electron chi connectivity index (χ1n) is 9.97. The van der Waals surface area contributed by atoms with Gasteiger partial charge in [-0.1, -0.05) is 0 Å². The Morgan fingerprint density at radius 1 is 0.935 bits per heavy atom. The minimum Gasteiger partial charge on any atom is -0.461 e. The molecule has 0 aromatic carbocycles. The summed E-state index contributed by atoms with van der Waals surface area (Å²) < 4.78 is 42.6. The molecule has 178 valence electrons. The molecule has 2 N–H and O–H groups in total. The van der Waals surface area contributed by atoms with Gasteiger partial charge >= 0.3 is 11.9 Å². The van der Waals surface area contributed by atoms with Gasteiger partial charge in [-0.2, -0.15) is 0 Å². The lowest BCUT2D eigenvalue weighted by Gasteiger charge is -2.41. The molecule has 3 aliphatic heterocycles. The van der Waals surface area contributed by atoms with Crippen LogP contribution in [0.2, 0.25) is 0 Å². The highest BCUT2D eigenvalue weighted by atomic mass is 16.8. The summed E-state index contributed by atoms with van der Waals surface area (Å²) in [5.41, 5.74) is 0. The van der Waals surface area contributed by atoms with Crippen LogP contribution >= 0.6 is 0 Å². The van der Waals surface area contributed by atoms with E-state index in [1.807, 2.05) is 0 Å². The monoisotopic (exact) mass is 450 g/mol. The number of esters is 2. The van der Waals surface area contributed by atoms with Crippen molar-refractivity contribution in [1.82, 2.24) is 0 Å². The summed E-state index contributed by atoms with van der Waals surface area (Å²) in [7, 11) is 1.28. The lowest BCUT2D eigenvalue weighted by molar-refractivity contribution is -0.300. The van der Waals surface area contributed by atoms with Crippen molar-refractivity contribution in [2.75, 3.05) is 26.9 Å². The normalized spacial score (nSPS) is 39.3. The van der Waals surface area contributed by atoms with Gasteiger partial charge in [-0.3, -0.25) is 0 Å². The molecule has 3 saturated heterocycles. The number of hydrogen-bond donors (Lipinski definition) is 2. The fraction of sp³-hybridized carbons (Fsp3) is 0.895. The first-order chi connectivity index (χ1) is 14.4. The van der Waals surface area contributed by atoms with Crippen LogP contribution in [0.15, 0.2) is 0 Å². The molecule has 0 aromatic heterocycles. The lowest BCUT2D eigenvalue weighted by atomic mass is 9.99. The third kappa shape index (κ3) is 5.71. The van der Waals surface area contributed by atoms with Crippen LogP contribution in [0.3, 0.4) is 0 Å². The summed E-state index contributed by atoms with van der Waals surface area (Å²) in [4.78, 5) is 24.6. The van der Waals surface area contributed by atoms with Crippen molar-refractivity contribution < 1.29 is 57.7 Å². The van der Waals surface area contributed by atoms with Crippen molar-refractivity contribution >= 4 is 11.9 Å². The van der Waals surface area contributed by atoms with Gasteiger partial charge in [-0.05, 0) is 27.7 Å². The van der Waals surface area contributed by atoms with E-state index in [9.17, 15) is 19.8 Å². The third-order valence-corrected chi connectivity index (χ3v) is 5.06. The van der Waals surface area contributed by atoms with Crippen molar-refractivity contribution in [3.63, 3.8) is 0 Å². The summed E-state index contributed by atoms with van der Waals surface area (Å²) in [5, 5.41) is 20.9. The molecule has 0 bridgehead atoms. The maximum absolute atomic E-state index is 12.4. The van der Waals surface area contributed by atoms with Gasteiger partial charge in [0, 0.05) is 7.11 Å². The van der Waals surface area contributed by atoms with E-state index in [1.54, 1.807) is 27.7 Å². The molecule has 3 fully saturated rings. The number of aliphatic hydroxyl groups is 2. The predicted octanol–water partition coefficient (Wildman–Crippen LogP) is -1.16. The van der Waals surface area contributed by atoms with Crippen LogP contribution in [0.25, 0.3) is 0 Å². The summed E-state index contributed by atoms with van der Waals surface area (Å²) in [6.07, 6.45) is -8.67. The highest BCUT2D eigenvalue weighted by Crippen LogP contribution is 2.28. The van der Waals surface area contributed by atoms with Crippen molar-refractivity contribution in [3.05, 3.63) is 0 Å². The number of carbonyl (C=O) groups is 2. The molecule has 3 heterocycles. The van der Waals surface area contributed by atoms with E-state index in [1.165, 1.54) is 7.11 Å². The molecule has 3 aliphatic rings. The van der Waals surface area contributed by atoms with E-state index in [0.717, 1.165) is 0 Å². The van der Waals surface area contributed by atoms with Crippen LogP contribution in [0, 0.1) is 0 Å². The molecule has 7 atom stereocenters. The van der Waals surface area contributed by atoms with Crippen LogP contribution in [0.5, 0.6) is 0 Å². The zero-order chi connectivity index (χ0) is 23.0. The number of ether oxygens (including phenoxy) is 8. The first kappa shape index (κ1) is 24.3. The highest BCUT2D eigenvalue weighted by molar-refractivity contribution is 5.75. The largest absolute Gasteiger partial charge is 0.461 e. The SMILES string of the molecule is CO[C@H]1O[C@H](COC(=O)C2COC(C)(C)O2)[C@@H](O)[C@H](O)[C@@H]1OC(=O)C1COC(C)(C)O1.